The summed E-state index contributed by atoms with van der Waals surface area (Å²) in [4.78, 5) is 10.8. The molecule has 6 heteroatoms. The highest BCUT2D eigenvalue weighted by molar-refractivity contribution is 5.91. The standard InChI is InChI=1S/C14H15NO4.ClH/c1-8(15)6-10-3-5-13(19-10)9-2-4-11(14(17)18)12(16)7-9;/h2-5,7-8,16H,6,15H2,1H3,(H,17,18);1H. The molecule has 0 fully saturated rings. The number of carbonyl (C=O) groups is 1. The third-order valence-electron chi connectivity index (χ3n) is 2.70. The molecule has 0 saturated carbocycles. The SMILES string of the molecule is CC(N)Cc1ccc(-c2ccc(C(=O)O)c(O)c2)o1.Cl. The van der Waals surface area contributed by atoms with Gasteiger partial charge in [0.1, 0.15) is 22.8 Å². The van der Waals surface area contributed by atoms with E-state index in [1.165, 1.54) is 12.1 Å². The predicted octanol–water partition coefficient (Wildman–Crippen LogP) is 2.66. The summed E-state index contributed by atoms with van der Waals surface area (Å²) in [6.07, 6.45) is 0.624. The molecule has 1 aromatic carbocycles. The van der Waals surface area contributed by atoms with Crippen molar-refractivity contribution >= 4 is 18.4 Å². The van der Waals surface area contributed by atoms with Gasteiger partial charge in [-0.25, -0.2) is 4.79 Å². The number of phenols is 1. The van der Waals surface area contributed by atoms with Crippen LogP contribution in [0.4, 0.5) is 0 Å². The first-order chi connectivity index (χ1) is 8.97. The molecule has 108 valence electrons. The van der Waals surface area contributed by atoms with Crippen LogP contribution in [0.3, 0.4) is 0 Å². The molecule has 0 bridgehead atoms. The van der Waals surface area contributed by atoms with Gasteiger partial charge in [0, 0.05) is 18.0 Å². The molecule has 1 heterocycles. The van der Waals surface area contributed by atoms with Crippen molar-refractivity contribution in [1.82, 2.24) is 0 Å². The van der Waals surface area contributed by atoms with Gasteiger partial charge in [-0.05, 0) is 31.2 Å². The van der Waals surface area contributed by atoms with Gasteiger partial charge >= 0.3 is 5.97 Å². The molecule has 4 N–H and O–H groups in total. The molecular weight excluding hydrogens is 282 g/mol. The summed E-state index contributed by atoms with van der Waals surface area (Å²) in [6, 6.07) is 7.91. The summed E-state index contributed by atoms with van der Waals surface area (Å²) in [5.74, 6) is -0.119. The minimum atomic E-state index is -1.17. The maximum atomic E-state index is 10.8. The van der Waals surface area contributed by atoms with Crippen molar-refractivity contribution in [3.05, 3.63) is 41.7 Å². The fraction of sp³-hybridized carbons (Fsp3) is 0.214. The summed E-state index contributed by atoms with van der Waals surface area (Å²) in [5.41, 5.74) is 6.17. The maximum Gasteiger partial charge on any atom is 0.339 e. The smallest absolute Gasteiger partial charge is 0.339 e. The molecule has 0 radical (unpaired) electrons. The molecule has 1 aromatic heterocycles. The van der Waals surface area contributed by atoms with Crippen LogP contribution in [0.2, 0.25) is 0 Å². The van der Waals surface area contributed by atoms with E-state index >= 15 is 0 Å². The van der Waals surface area contributed by atoms with Gasteiger partial charge in [0.2, 0.25) is 0 Å². The Morgan fingerprint density at radius 1 is 1.35 bits per heavy atom. The number of halogens is 1. The van der Waals surface area contributed by atoms with E-state index in [1.54, 1.807) is 12.1 Å². The van der Waals surface area contributed by atoms with Gasteiger partial charge in [-0.2, -0.15) is 0 Å². The van der Waals surface area contributed by atoms with E-state index in [-0.39, 0.29) is 29.8 Å². The molecule has 0 aliphatic carbocycles. The topological polar surface area (TPSA) is 96.7 Å². The second-order valence-electron chi connectivity index (χ2n) is 4.48. The third-order valence-corrected chi connectivity index (χ3v) is 2.70. The summed E-state index contributed by atoms with van der Waals surface area (Å²) in [6.45, 7) is 1.88. The summed E-state index contributed by atoms with van der Waals surface area (Å²) >= 11 is 0. The molecule has 0 aliphatic rings. The minimum Gasteiger partial charge on any atom is -0.507 e. The highest BCUT2D eigenvalue weighted by atomic mass is 35.5. The molecule has 20 heavy (non-hydrogen) atoms. The Bertz CT molecular complexity index is 607. The molecule has 1 atom stereocenters. The van der Waals surface area contributed by atoms with Gasteiger partial charge in [0.05, 0.1) is 0 Å². The lowest BCUT2D eigenvalue weighted by atomic mass is 10.1. The molecule has 0 saturated heterocycles. The highest BCUT2D eigenvalue weighted by Gasteiger charge is 2.12. The quantitative estimate of drug-likeness (QED) is 0.806. The Balaban J connectivity index is 0.00000200. The summed E-state index contributed by atoms with van der Waals surface area (Å²) < 4.78 is 5.60. The molecule has 0 spiro atoms. The van der Waals surface area contributed by atoms with E-state index in [0.29, 0.717) is 17.7 Å². The van der Waals surface area contributed by atoms with E-state index in [2.05, 4.69) is 0 Å². The summed E-state index contributed by atoms with van der Waals surface area (Å²) in [5, 5.41) is 18.5. The number of carboxylic acid groups (broad SMARTS) is 1. The molecule has 5 nitrogen and oxygen atoms in total. The van der Waals surface area contributed by atoms with Crippen LogP contribution in [0.15, 0.2) is 34.7 Å². The number of benzene rings is 1. The van der Waals surface area contributed by atoms with Gasteiger partial charge in [-0.3, -0.25) is 0 Å². The fourth-order valence-corrected chi connectivity index (χ4v) is 1.83. The van der Waals surface area contributed by atoms with E-state index in [0.717, 1.165) is 5.76 Å². The lowest BCUT2D eigenvalue weighted by molar-refractivity contribution is 0.0694. The lowest BCUT2D eigenvalue weighted by Crippen LogP contribution is -2.17. The van der Waals surface area contributed by atoms with E-state index in [4.69, 9.17) is 15.3 Å². The minimum absolute atomic E-state index is 0. The average Bonchev–Trinajstić information content (AvgIpc) is 2.75. The first-order valence-corrected chi connectivity index (χ1v) is 5.88. The Hall–Kier alpha value is -1.98. The number of furan rings is 1. The van der Waals surface area contributed by atoms with Gasteiger partial charge in [0.25, 0.3) is 0 Å². The highest BCUT2D eigenvalue weighted by Crippen LogP contribution is 2.28. The van der Waals surface area contributed by atoms with Gasteiger partial charge in [0.15, 0.2) is 0 Å². The van der Waals surface area contributed by atoms with Crippen molar-refractivity contribution in [2.75, 3.05) is 0 Å². The summed E-state index contributed by atoms with van der Waals surface area (Å²) in [7, 11) is 0. The van der Waals surface area contributed by atoms with Gasteiger partial charge in [-0.1, -0.05) is 6.07 Å². The van der Waals surface area contributed by atoms with Crippen molar-refractivity contribution in [3.63, 3.8) is 0 Å². The van der Waals surface area contributed by atoms with Crippen LogP contribution in [-0.4, -0.2) is 22.2 Å². The first-order valence-electron chi connectivity index (χ1n) is 5.88. The second kappa shape index (κ2) is 6.45. The fourth-order valence-electron chi connectivity index (χ4n) is 1.83. The van der Waals surface area contributed by atoms with Crippen LogP contribution >= 0.6 is 12.4 Å². The van der Waals surface area contributed by atoms with Crippen LogP contribution in [0.25, 0.3) is 11.3 Å². The van der Waals surface area contributed by atoms with Crippen LogP contribution in [0.1, 0.15) is 23.0 Å². The number of aromatic carboxylic acids is 1. The van der Waals surface area contributed by atoms with Crippen LogP contribution in [0.5, 0.6) is 5.75 Å². The predicted molar refractivity (Wildman–Crippen MR) is 77.4 cm³/mol. The van der Waals surface area contributed by atoms with Crippen molar-refractivity contribution < 1.29 is 19.4 Å². The van der Waals surface area contributed by atoms with Crippen molar-refractivity contribution in [3.8, 4) is 17.1 Å². The molecule has 0 aliphatic heterocycles. The number of rotatable bonds is 4. The van der Waals surface area contributed by atoms with Crippen LogP contribution < -0.4 is 5.73 Å². The van der Waals surface area contributed by atoms with Crippen molar-refractivity contribution in [1.29, 1.82) is 0 Å². The van der Waals surface area contributed by atoms with Crippen molar-refractivity contribution in [2.45, 2.75) is 19.4 Å². The molecular formula is C14H16ClNO4. The lowest BCUT2D eigenvalue weighted by Gasteiger charge is -2.03. The molecule has 0 amide bonds. The number of hydrogen-bond donors (Lipinski definition) is 3. The maximum absolute atomic E-state index is 10.8. The average molecular weight is 298 g/mol. The Morgan fingerprint density at radius 3 is 2.60 bits per heavy atom. The number of hydrogen-bond acceptors (Lipinski definition) is 4. The zero-order chi connectivity index (χ0) is 14.0. The Labute approximate surface area is 122 Å². The zero-order valence-electron chi connectivity index (χ0n) is 10.9. The monoisotopic (exact) mass is 297 g/mol. The van der Waals surface area contributed by atoms with Gasteiger partial charge < -0.3 is 20.4 Å². The zero-order valence-corrected chi connectivity index (χ0v) is 11.7. The van der Waals surface area contributed by atoms with Crippen LogP contribution in [0, 0.1) is 0 Å². The van der Waals surface area contributed by atoms with Crippen molar-refractivity contribution in [2.24, 2.45) is 5.73 Å². The molecule has 2 rings (SSSR count). The Kier molecular flexibility index (Phi) is 5.19. The van der Waals surface area contributed by atoms with E-state index < -0.39 is 5.97 Å². The third kappa shape index (κ3) is 3.53. The first kappa shape index (κ1) is 16.1. The normalized spacial score (nSPS) is 11.7. The largest absolute Gasteiger partial charge is 0.507 e. The second-order valence-corrected chi connectivity index (χ2v) is 4.48. The van der Waals surface area contributed by atoms with E-state index in [1.807, 2.05) is 13.0 Å². The Morgan fingerprint density at radius 2 is 2.05 bits per heavy atom. The van der Waals surface area contributed by atoms with Crippen LogP contribution in [-0.2, 0) is 6.42 Å². The van der Waals surface area contributed by atoms with E-state index in [9.17, 15) is 9.90 Å². The van der Waals surface area contributed by atoms with Gasteiger partial charge in [-0.15, -0.1) is 12.4 Å². The molecule has 2 aromatic rings. The number of nitrogens with two attached hydrogens (primary N) is 1. The number of carboxylic acids is 1. The molecule has 1 unspecified atom stereocenters. The number of aromatic hydroxyl groups is 1.